The maximum Gasteiger partial charge on any atom is 0.416 e. The number of carboxylic acids is 1. The number of nitrogens with zero attached hydrogens (tertiary/aromatic N) is 1. The van der Waals surface area contributed by atoms with Crippen molar-refractivity contribution in [2.45, 2.75) is 24.7 Å². The number of carbonyl (C=O) groups excluding carboxylic acids is 1. The first kappa shape index (κ1) is 27.5. The number of hydrogen-bond acceptors (Lipinski definition) is 2. The topological polar surface area (TPSA) is 57.6 Å². The van der Waals surface area contributed by atoms with Gasteiger partial charge in [-0.15, -0.1) is 0 Å². The molecule has 1 N–H and O–H groups in total. The summed E-state index contributed by atoms with van der Waals surface area (Å²) in [5, 5.41) is 9.74. The molecule has 0 unspecified atom stereocenters. The van der Waals surface area contributed by atoms with Crippen molar-refractivity contribution >= 4 is 11.9 Å². The molecule has 37 heavy (non-hydrogen) atoms. The van der Waals surface area contributed by atoms with Gasteiger partial charge in [0, 0.05) is 18.5 Å². The quantitative estimate of drug-likeness (QED) is 0.269. The number of benzene rings is 3. The number of hydrogen-bond donors (Lipinski definition) is 1. The van der Waals surface area contributed by atoms with Gasteiger partial charge in [-0.05, 0) is 35.7 Å². The maximum atomic E-state index is 13.2. The van der Waals surface area contributed by atoms with Crippen LogP contribution in [0.4, 0.5) is 26.3 Å². The second-order valence-electron chi connectivity index (χ2n) is 8.16. The van der Waals surface area contributed by atoms with E-state index >= 15 is 0 Å². The minimum absolute atomic E-state index is 0.0870. The summed E-state index contributed by atoms with van der Waals surface area (Å²) in [5.74, 6) is -3.23. The Balaban J connectivity index is 2.00. The molecule has 1 amide bonds. The fourth-order valence-corrected chi connectivity index (χ4v) is 3.81. The number of likely N-dealkylation sites (N-methyl/N-ethyl adjacent to an activating group) is 1. The van der Waals surface area contributed by atoms with Gasteiger partial charge < -0.3 is 10.0 Å². The van der Waals surface area contributed by atoms with E-state index in [0.29, 0.717) is 4.90 Å². The van der Waals surface area contributed by atoms with Crippen LogP contribution in [0.1, 0.15) is 45.0 Å². The van der Waals surface area contributed by atoms with Gasteiger partial charge in [-0.3, -0.25) is 4.79 Å². The molecule has 0 radical (unpaired) electrons. The largest absolute Gasteiger partial charge is 0.477 e. The predicted octanol–water partition coefficient (Wildman–Crippen LogP) is 6.99. The van der Waals surface area contributed by atoms with Gasteiger partial charge >= 0.3 is 18.3 Å². The highest BCUT2D eigenvalue weighted by molar-refractivity contribution is 6.00. The summed E-state index contributed by atoms with van der Waals surface area (Å²) < 4.78 is 79.3. The Morgan fingerprint density at radius 2 is 1.24 bits per heavy atom. The number of alkyl halides is 6. The summed E-state index contributed by atoms with van der Waals surface area (Å²) >= 11 is 0. The van der Waals surface area contributed by atoms with E-state index in [9.17, 15) is 41.0 Å². The Morgan fingerprint density at radius 3 is 1.62 bits per heavy atom. The van der Waals surface area contributed by atoms with Crippen LogP contribution in [0.2, 0.25) is 0 Å². The molecule has 0 aliphatic heterocycles. The third-order valence-electron chi connectivity index (χ3n) is 5.67. The van der Waals surface area contributed by atoms with Gasteiger partial charge in [0.1, 0.15) is 5.70 Å². The second-order valence-corrected chi connectivity index (χ2v) is 8.16. The van der Waals surface area contributed by atoms with Crippen molar-refractivity contribution < 1.29 is 41.0 Å². The minimum atomic E-state index is -5.15. The maximum absolute atomic E-state index is 13.2. The average molecular weight is 521 g/mol. The molecule has 0 aliphatic carbocycles. The van der Waals surface area contributed by atoms with Crippen LogP contribution in [0, 0.1) is 0 Å². The van der Waals surface area contributed by atoms with Crippen molar-refractivity contribution in [2.24, 2.45) is 0 Å². The van der Waals surface area contributed by atoms with E-state index in [1.807, 2.05) is 24.3 Å². The molecule has 0 bridgehead atoms. The zero-order chi connectivity index (χ0) is 27.4. The monoisotopic (exact) mass is 521 g/mol. The summed E-state index contributed by atoms with van der Waals surface area (Å²) in [4.78, 5) is 25.4. The van der Waals surface area contributed by atoms with Gasteiger partial charge in [0.25, 0.3) is 5.91 Å². The molecule has 0 saturated carbocycles. The fourth-order valence-electron chi connectivity index (χ4n) is 3.81. The Labute approximate surface area is 208 Å². The van der Waals surface area contributed by atoms with Crippen molar-refractivity contribution in [2.75, 3.05) is 7.05 Å². The summed E-state index contributed by atoms with van der Waals surface area (Å²) in [6, 6.07) is 18.6. The lowest BCUT2D eigenvalue weighted by atomic mass is 9.88. The van der Waals surface area contributed by atoms with Crippen LogP contribution in [0.15, 0.2) is 90.6 Å². The lowest BCUT2D eigenvalue weighted by Crippen LogP contribution is -2.31. The number of halogens is 6. The first-order valence-electron chi connectivity index (χ1n) is 10.9. The molecule has 0 spiro atoms. The Kier molecular flexibility index (Phi) is 8.10. The predicted molar refractivity (Wildman–Crippen MR) is 124 cm³/mol. The number of allylic oxidation sites excluding steroid dienone is 1. The average Bonchev–Trinajstić information content (AvgIpc) is 2.85. The molecular weight excluding hydrogens is 500 g/mol. The highest BCUT2D eigenvalue weighted by atomic mass is 19.4. The number of rotatable bonds is 7. The van der Waals surface area contributed by atoms with Crippen LogP contribution in [0.3, 0.4) is 0 Å². The molecule has 194 valence electrons. The molecule has 3 rings (SSSR count). The highest BCUT2D eigenvalue weighted by Crippen LogP contribution is 2.37. The standard InChI is InChI=1S/C27H21F6NO3/c1-34(24(35)19-14-20(26(28,29)30)16-21(15-19)27(31,32)33)23(25(36)37)13-12-22(17-8-4-2-5-9-17)18-10-6-3-7-11-18/h2-11,13-16,22H,12H2,1H3,(H,36,37). The van der Waals surface area contributed by atoms with Crippen molar-refractivity contribution in [3.8, 4) is 0 Å². The van der Waals surface area contributed by atoms with E-state index in [1.54, 1.807) is 36.4 Å². The summed E-state index contributed by atoms with van der Waals surface area (Å²) in [7, 11) is 0.982. The van der Waals surface area contributed by atoms with E-state index in [0.717, 1.165) is 18.2 Å². The molecule has 0 saturated heterocycles. The van der Waals surface area contributed by atoms with Crippen LogP contribution in [-0.2, 0) is 17.1 Å². The fraction of sp³-hybridized carbons (Fsp3) is 0.185. The molecule has 0 heterocycles. The molecule has 0 aromatic heterocycles. The lowest BCUT2D eigenvalue weighted by molar-refractivity contribution is -0.143. The van der Waals surface area contributed by atoms with Crippen molar-refractivity contribution in [3.05, 3.63) is 118 Å². The van der Waals surface area contributed by atoms with Crippen LogP contribution >= 0.6 is 0 Å². The van der Waals surface area contributed by atoms with Crippen LogP contribution in [0.25, 0.3) is 0 Å². The molecule has 0 aliphatic rings. The van der Waals surface area contributed by atoms with Crippen molar-refractivity contribution in [1.29, 1.82) is 0 Å². The molecule has 10 heteroatoms. The Morgan fingerprint density at radius 1 is 0.811 bits per heavy atom. The molecule has 4 nitrogen and oxygen atoms in total. The van der Waals surface area contributed by atoms with E-state index in [-0.39, 0.29) is 30.5 Å². The number of amides is 1. The van der Waals surface area contributed by atoms with Crippen LogP contribution in [-0.4, -0.2) is 28.9 Å². The highest BCUT2D eigenvalue weighted by Gasteiger charge is 2.38. The zero-order valence-electron chi connectivity index (χ0n) is 19.3. The summed E-state index contributed by atoms with van der Waals surface area (Å²) in [5.41, 5.74) is -3.19. The molecule has 0 atom stereocenters. The van der Waals surface area contributed by atoms with E-state index in [1.165, 1.54) is 6.08 Å². The van der Waals surface area contributed by atoms with E-state index in [4.69, 9.17) is 0 Å². The van der Waals surface area contributed by atoms with Gasteiger partial charge in [0.2, 0.25) is 0 Å². The van der Waals surface area contributed by atoms with Crippen LogP contribution < -0.4 is 0 Å². The third-order valence-corrected chi connectivity index (χ3v) is 5.67. The van der Waals surface area contributed by atoms with Gasteiger partial charge in [-0.2, -0.15) is 26.3 Å². The van der Waals surface area contributed by atoms with Gasteiger partial charge in [0.15, 0.2) is 0 Å². The van der Waals surface area contributed by atoms with E-state index in [2.05, 4.69) is 0 Å². The van der Waals surface area contributed by atoms with E-state index < -0.39 is 46.6 Å². The molecule has 3 aromatic carbocycles. The minimum Gasteiger partial charge on any atom is -0.477 e. The Hall–Kier alpha value is -4.08. The summed E-state index contributed by atoms with van der Waals surface area (Å²) in [6.07, 6.45) is -9.00. The van der Waals surface area contributed by atoms with Crippen LogP contribution in [0.5, 0.6) is 0 Å². The van der Waals surface area contributed by atoms with Gasteiger partial charge in [-0.25, -0.2) is 4.79 Å². The lowest BCUT2D eigenvalue weighted by Gasteiger charge is -2.21. The molecule has 0 fully saturated rings. The number of aliphatic carboxylic acids is 1. The first-order chi connectivity index (χ1) is 17.3. The zero-order valence-corrected chi connectivity index (χ0v) is 19.3. The number of carboxylic acid groups (broad SMARTS) is 1. The first-order valence-corrected chi connectivity index (χ1v) is 10.9. The van der Waals surface area contributed by atoms with Gasteiger partial charge in [0.05, 0.1) is 11.1 Å². The normalized spacial score (nSPS) is 12.5. The smallest absolute Gasteiger partial charge is 0.416 e. The summed E-state index contributed by atoms with van der Waals surface area (Å²) in [6.45, 7) is 0. The Bertz CT molecular complexity index is 1210. The molecule has 3 aromatic rings. The second kappa shape index (κ2) is 10.9. The number of carbonyl (C=O) groups is 2. The SMILES string of the molecule is CN(C(=O)c1cc(C(F)(F)F)cc(C(F)(F)F)c1)C(=CCC(c1ccccc1)c1ccccc1)C(=O)O. The van der Waals surface area contributed by atoms with Crippen molar-refractivity contribution in [1.82, 2.24) is 4.90 Å². The molecular formula is C27H21F6NO3. The third kappa shape index (κ3) is 6.78. The van der Waals surface area contributed by atoms with Crippen molar-refractivity contribution in [3.63, 3.8) is 0 Å². The van der Waals surface area contributed by atoms with Gasteiger partial charge in [-0.1, -0.05) is 66.7 Å².